The van der Waals surface area contributed by atoms with Crippen LogP contribution in [-0.4, -0.2) is 26.3 Å². The molecule has 3 fully saturated rings. The summed E-state index contributed by atoms with van der Waals surface area (Å²) < 4.78 is 5.51. The van der Waals surface area contributed by atoms with E-state index in [4.69, 9.17) is 4.74 Å². The number of hydrogen-bond donors (Lipinski definition) is 1. The largest absolute Gasteiger partial charge is 0.381 e. The summed E-state index contributed by atoms with van der Waals surface area (Å²) in [6.07, 6.45) is 9.94. The Balaban J connectivity index is 1.55. The van der Waals surface area contributed by atoms with Crippen LogP contribution in [-0.2, 0) is 4.74 Å². The lowest BCUT2D eigenvalue weighted by atomic mass is 9.73. The van der Waals surface area contributed by atoms with E-state index in [9.17, 15) is 0 Å². The van der Waals surface area contributed by atoms with Gasteiger partial charge in [0.1, 0.15) is 0 Å². The van der Waals surface area contributed by atoms with Gasteiger partial charge in [0, 0.05) is 19.8 Å². The maximum absolute atomic E-state index is 5.51. The summed E-state index contributed by atoms with van der Waals surface area (Å²) in [7, 11) is 0. The molecule has 2 aliphatic carbocycles. The van der Waals surface area contributed by atoms with Gasteiger partial charge in [-0.15, -0.1) is 0 Å². The highest BCUT2D eigenvalue weighted by atomic mass is 16.5. The van der Waals surface area contributed by atoms with Gasteiger partial charge in [0.15, 0.2) is 0 Å². The van der Waals surface area contributed by atoms with Gasteiger partial charge in [-0.1, -0.05) is 6.92 Å². The van der Waals surface area contributed by atoms with Crippen molar-refractivity contribution >= 4 is 0 Å². The Bertz CT molecular complexity index is 262. The highest BCUT2D eigenvalue weighted by Crippen LogP contribution is 2.61. The van der Waals surface area contributed by atoms with E-state index >= 15 is 0 Å². The third-order valence-electron chi connectivity index (χ3n) is 5.45. The molecule has 0 radical (unpaired) electrons. The van der Waals surface area contributed by atoms with Crippen molar-refractivity contribution in [3.05, 3.63) is 0 Å². The maximum atomic E-state index is 5.51. The molecule has 1 heterocycles. The summed E-state index contributed by atoms with van der Waals surface area (Å²) in [5.41, 5.74) is 0.658. The minimum absolute atomic E-state index is 0.658. The molecule has 0 aromatic heterocycles. The van der Waals surface area contributed by atoms with E-state index in [0.29, 0.717) is 5.41 Å². The third kappa shape index (κ3) is 2.91. The molecule has 2 heteroatoms. The molecule has 2 nitrogen and oxygen atoms in total. The molecule has 0 aromatic carbocycles. The van der Waals surface area contributed by atoms with Crippen molar-refractivity contribution in [3.63, 3.8) is 0 Å². The van der Waals surface area contributed by atoms with Gasteiger partial charge in [-0.25, -0.2) is 0 Å². The zero-order chi connectivity index (χ0) is 12.4. The number of ether oxygens (including phenoxy) is 1. The predicted molar refractivity (Wildman–Crippen MR) is 74.6 cm³/mol. The molecule has 18 heavy (non-hydrogen) atoms. The Labute approximate surface area is 112 Å². The van der Waals surface area contributed by atoms with Crippen LogP contribution in [0.15, 0.2) is 0 Å². The van der Waals surface area contributed by atoms with Crippen LogP contribution in [0.25, 0.3) is 0 Å². The first-order chi connectivity index (χ1) is 8.81. The summed E-state index contributed by atoms with van der Waals surface area (Å²) in [5.74, 6) is 3.15. The molecule has 1 aliphatic heterocycles. The van der Waals surface area contributed by atoms with E-state index in [1.54, 1.807) is 6.42 Å². The molecule has 1 N–H and O–H groups in total. The number of fused-ring (bicyclic) bond motifs is 1. The quantitative estimate of drug-likeness (QED) is 0.732. The average molecular weight is 251 g/mol. The standard InChI is InChI=1S/C16H29NO/c1-2-5-17-12-16(10-14-8-15(14)11-16)9-13-3-6-18-7-4-13/h13-15,17H,2-12H2,1H3. The van der Waals surface area contributed by atoms with Crippen molar-refractivity contribution in [1.29, 1.82) is 0 Å². The second-order valence-electron chi connectivity index (χ2n) is 7.10. The normalized spacial score (nSPS) is 39.8. The smallest absolute Gasteiger partial charge is 0.0468 e. The Morgan fingerprint density at radius 3 is 2.56 bits per heavy atom. The van der Waals surface area contributed by atoms with E-state index < -0.39 is 0 Å². The first-order valence-electron chi connectivity index (χ1n) is 8.10. The van der Waals surface area contributed by atoms with Gasteiger partial charge in [-0.2, -0.15) is 0 Å². The van der Waals surface area contributed by atoms with E-state index in [1.807, 2.05) is 0 Å². The van der Waals surface area contributed by atoms with Crippen molar-refractivity contribution in [2.24, 2.45) is 23.2 Å². The molecular formula is C16H29NO. The van der Waals surface area contributed by atoms with Gasteiger partial charge in [-0.3, -0.25) is 0 Å². The van der Waals surface area contributed by atoms with Crippen LogP contribution in [0.4, 0.5) is 0 Å². The molecule has 0 aromatic rings. The summed E-state index contributed by atoms with van der Waals surface area (Å²) in [5, 5.41) is 3.72. The summed E-state index contributed by atoms with van der Waals surface area (Å²) in [6.45, 7) is 6.77. The van der Waals surface area contributed by atoms with Gasteiger partial charge in [0.25, 0.3) is 0 Å². The second-order valence-corrected chi connectivity index (χ2v) is 7.10. The highest BCUT2D eigenvalue weighted by molar-refractivity contribution is 5.04. The maximum Gasteiger partial charge on any atom is 0.0468 e. The molecule has 2 atom stereocenters. The lowest BCUT2D eigenvalue weighted by Gasteiger charge is -2.36. The SMILES string of the molecule is CCCNCC1(CC2CCOCC2)CC2CC2C1. The second kappa shape index (κ2) is 5.50. The molecule has 104 valence electrons. The zero-order valence-corrected chi connectivity index (χ0v) is 11.9. The minimum Gasteiger partial charge on any atom is -0.381 e. The van der Waals surface area contributed by atoms with Gasteiger partial charge in [0.2, 0.25) is 0 Å². The zero-order valence-electron chi connectivity index (χ0n) is 11.9. The van der Waals surface area contributed by atoms with E-state index in [1.165, 1.54) is 51.6 Å². The topological polar surface area (TPSA) is 21.3 Å². The molecule has 2 saturated carbocycles. The van der Waals surface area contributed by atoms with Crippen molar-refractivity contribution in [2.45, 2.75) is 51.9 Å². The Kier molecular flexibility index (Phi) is 3.95. The first-order valence-corrected chi connectivity index (χ1v) is 8.10. The van der Waals surface area contributed by atoms with Gasteiger partial charge >= 0.3 is 0 Å². The van der Waals surface area contributed by atoms with E-state index in [-0.39, 0.29) is 0 Å². The van der Waals surface area contributed by atoms with Crippen LogP contribution in [0.1, 0.15) is 51.9 Å². The number of nitrogens with one attached hydrogen (secondary N) is 1. The fourth-order valence-electron chi connectivity index (χ4n) is 4.48. The predicted octanol–water partition coefficient (Wildman–Crippen LogP) is 3.22. The fourth-order valence-corrected chi connectivity index (χ4v) is 4.48. The monoisotopic (exact) mass is 251 g/mol. The van der Waals surface area contributed by atoms with Crippen LogP contribution < -0.4 is 5.32 Å². The first kappa shape index (κ1) is 12.9. The lowest BCUT2D eigenvalue weighted by Crippen LogP contribution is -2.36. The van der Waals surface area contributed by atoms with Crippen molar-refractivity contribution in [2.75, 3.05) is 26.3 Å². The minimum atomic E-state index is 0.658. The third-order valence-corrected chi connectivity index (χ3v) is 5.45. The van der Waals surface area contributed by atoms with E-state index in [0.717, 1.165) is 31.0 Å². The van der Waals surface area contributed by atoms with Gasteiger partial charge in [0.05, 0.1) is 0 Å². The van der Waals surface area contributed by atoms with Crippen LogP contribution in [0.5, 0.6) is 0 Å². The van der Waals surface area contributed by atoms with Crippen LogP contribution >= 0.6 is 0 Å². The molecule has 0 amide bonds. The van der Waals surface area contributed by atoms with Crippen LogP contribution in [0.3, 0.4) is 0 Å². The van der Waals surface area contributed by atoms with Crippen molar-refractivity contribution < 1.29 is 4.74 Å². The number of hydrogen-bond acceptors (Lipinski definition) is 2. The Morgan fingerprint density at radius 1 is 1.17 bits per heavy atom. The van der Waals surface area contributed by atoms with Crippen molar-refractivity contribution in [3.8, 4) is 0 Å². The molecule has 3 rings (SSSR count). The summed E-state index contributed by atoms with van der Waals surface area (Å²) >= 11 is 0. The van der Waals surface area contributed by atoms with E-state index in [2.05, 4.69) is 12.2 Å². The summed E-state index contributed by atoms with van der Waals surface area (Å²) in [4.78, 5) is 0. The average Bonchev–Trinajstić information content (AvgIpc) is 2.99. The van der Waals surface area contributed by atoms with Crippen molar-refractivity contribution in [1.82, 2.24) is 5.32 Å². The molecule has 1 saturated heterocycles. The summed E-state index contributed by atoms with van der Waals surface area (Å²) in [6, 6.07) is 0. The fraction of sp³-hybridized carbons (Fsp3) is 1.00. The van der Waals surface area contributed by atoms with Gasteiger partial charge in [-0.05, 0) is 74.7 Å². The molecule has 2 unspecified atom stereocenters. The Morgan fingerprint density at radius 2 is 1.89 bits per heavy atom. The molecule has 0 spiro atoms. The Hall–Kier alpha value is -0.0800. The van der Waals surface area contributed by atoms with Crippen LogP contribution in [0.2, 0.25) is 0 Å². The van der Waals surface area contributed by atoms with Crippen LogP contribution in [0, 0.1) is 23.2 Å². The lowest BCUT2D eigenvalue weighted by molar-refractivity contribution is 0.0448. The number of rotatable bonds is 6. The molecule has 0 bridgehead atoms. The molecular weight excluding hydrogens is 222 g/mol. The highest BCUT2D eigenvalue weighted by Gasteiger charge is 2.53. The molecule has 3 aliphatic rings. The van der Waals surface area contributed by atoms with Gasteiger partial charge < -0.3 is 10.1 Å².